The topological polar surface area (TPSA) is 41.6 Å². The number of hydrogen-bond acceptors (Lipinski definition) is 4. The van der Waals surface area contributed by atoms with Crippen LogP contribution >= 0.6 is 0 Å². The van der Waals surface area contributed by atoms with Crippen LogP contribution in [0.15, 0.2) is 0 Å². The molecular formula is C13H26N2O2. The van der Waals surface area contributed by atoms with E-state index in [0.29, 0.717) is 5.92 Å². The highest BCUT2D eigenvalue weighted by Gasteiger charge is 2.39. The summed E-state index contributed by atoms with van der Waals surface area (Å²) in [6, 6.07) is 0. The average molecular weight is 242 g/mol. The number of carbonyl (C=O) groups excluding carboxylic acids is 1. The monoisotopic (exact) mass is 242 g/mol. The molecule has 17 heavy (non-hydrogen) atoms. The molecule has 1 aliphatic rings. The number of hydrogen-bond donors (Lipinski definition) is 1. The number of esters is 1. The molecule has 1 aliphatic heterocycles. The van der Waals surface area contributed by atoms with Gasteiger partial charge in [-0.25, -0.2) is 0 Å². The molecule has 0 saturated carbocycles. The Kier molecular flexibility index (Phi) is 5.40. The number of nitrogens with zero attached hydrogens (tertiary/aromatic N) is 1. The van der Waals surface area contributed by atoms with Crippen LogP contribution in [0.3, 0.4) is 0 Å². The summed E-state index contributed by atoms with van der Waals surface area (Å²) in [6.45, 7) is 7.17. The van der Waals surface area contributed by atoms with Crippen LogP contribution in [0.1, 0.15) is 33.1 Å². The van der Waals surface area contributed by atoms with Crippen molar-refractivity contribution < 1.29 is 9.53 Å². The minimum absolute atomic E-state index is 0.103. The molecular weight excluding hydrogens is 216 g/mol. The maximum atomic E-state index is 12.1. The molecule has 0 spiro atoms. The molecule has 0 aromatic rings. The summed E-state index contributed by atoms with van der Waals surface area (Å²) in [7, 11) is 3.59. The van der Waals surface area contributed by atoms with Gasteiger partial charge in [0.1, 0.15) is 5.54 Å². The van der Waals surface area contributed by atoms with Crippen LogP contribution in [0.4, 0.5) is 0 Å². The van der Waals surface area contributed by atoms with Gasteiger partial charge in [0.05, 0.1) is 7.11 Å². The van der Waals surface area contributed by atoms with Crippen LogP contribution in [0, 0.1) is 5.92 Å². The van der Waals surface area contributed by atoms with Crippen LogP contribution in [-0.2, 0) is 9.53 Å². The summed E-state index contributed by atoms with van der Waals surface area (Å²) in [5.74, 6) is 0.436. The van der Waals surface area contributed by atoms with E-state index in [2.05, 4.69) is 31.1 Å². The number of nitrogens with one attached hydrogen (secondary N) is 1. The first kappa shape index (κ1) is 14.5. The number of methoxy groups -OCH3 is 1. The van der Waals surface area contributed by atoms with E-state index >= 15 is 0 Å². The second-order valence-corrected chi connectivity index (χ2v) is 5.51. The zero-order chi connectivity index (χ0) is 12.9. The third-order valence-corrected chi connectivity index (χ3v) is 3.49. The Hall–Kier alpha value is -0.610. The number of rotatable bonds is 4. The third-order valence-electron chi connectivity index (χ3n) is 3.49. The summed E-state index contributed by atoms with van der Waals surface area (Å²) in [6.07, 6.45) is 2.75. The molecule has 0 bridgehead atoms. The van der Waals surface area contributed by atoms with E-state index in [1.807, 2.05) is 0 Å². The van der Waals surface area contributed by atoms with Crippen molar-refractivity contribution in [1.82, 2.24) is 10.2 Å². The zero-order valence-corrected chi connectivity index (χ0v) is 11.6. The fraction of sp³-hybridized carbons (Fsp3) is 0.923. The van der Waals surface area contributed by atoms with E-state index in [-0.39, 0.29) is 5.97 Å². The van der Waals surface area contributed by atoms with E-state index < -0.39 is 5.54 Å². The molecule has 1 atom stereocenters. The number of likely N-dealkylation sites (tertiary alicyclic amines) is 1. The largest absolute Gasteiger partial charge is 0.468 e. The molecule has 1 fully saturated rings. The molecule has 0 radical (unpaired) electrons. The van der Waals surface area contributed by atoms with Gasteiger partial charge in [0.2, 0.25) is 0 Å². The molecule has 4 heteroatoms. The summed E-state index contributed by atoms with van der Waals surface area (Å²) >= 11 is 0. The smallest absolute Gasteiger partial charge is 0.326 e. The van der Waals surface area contributed by atoms with E-state index in [0.717, 1.165) is 38.9 Å². The lowest BCUT2D eigenvalue weighted by Crippen LogP contribution is -2.54. The lowest BCUT2D eigenvalue weighted by molar-refractivity contribution is -0.149. The first-order chi connectivity index (χ1) is 8.00. The minimum atomic E-state index is -0.468. The fourth-order valence-corrected chi connectivity index (χ4v) is 2.32. The molecule has 100 valence electrons. The van der Waals surface area contributed by atoms with Gasteiger partial charge in [-0.3, -0.25) is 4.79 Å². The lowest BCUT2D eigenvalue weighted by atomic mass is 9.90. The Morgan fingerprint density at radius 3 is 2.71 bits per heavy atom. The normalized spacial score (nSPS) is 26.9. The van der Waals surface area contributed by atoms with Gasteiger partial charge in [-0.2, -0.15) is 0 Å². The molecule has 0 amide bonds. The Labute approximate surface area is 105 Å². The Morgan fingerprint density at radius 2 is 2.12 bits per heavy atom. The van der Waals surface area contributed by atoms with Gasteiger partial charge in [0.15, 0.2) is 0 Å². The van der Waals surface area contributed by atoms with E-state index in [1.165, 1.54) is 7.11 Å². The first-order valence-corrected chi connectivity index (χ1v) is 6.52. The second kappa shape index (κ2) is 6.36. The van der Waals surface area contributed by atoms with Crippen molar-refractivity contribution >= 4 is 5.97 Å². The highest BCUT2D eigenvalue weighted by Crippen LogP contribution is 2.23. The summed E-state index contributed by atoms with van der Waals surface area (Å²) < 4.78 is 5.00. The molecule has 1 saturated heterocycles. The minimum Gasteiger partial charge on any atom is -0.468 e. The van der Waals surface area contributed by atoms with Gasteiger partial charge in [-0.1, -0.05) is 13.8 Å². The van der Waals surface area contributed by atoms with Crippen molar-refractivity contribution in [2.45, 2.75) is 38.6 Å². The van der Waals surface area contributed by atoms with Crippen molar-refractivity contribution in [1.29, 1.82) is 0 Å². The van der Waals surface area contributed by atoms with Crippen molar-refractivity contribution in [3.05, 3.63) is 0 Å². The van der Waals surface area contributed by atoms with Crippen LogP contribution in [0.5, 0.6) is 0 Å². The molecule has 1 unspecified atom stereocenters. The van der Waals surface area contributed by atoms with Crippen molar-refractivity contribution in [3.63, 3.8) is 0 Å². The van der Waals surface area contributed by atoms with Crippen molar-refractivity contribution in [2.75, 3.05) is 33.8 Å². The quantitative estimate of drug-likeness (QED) is 0.754. The van der Waals surface area contributed by atoms with Crippen LogP contribution in [0.25, 0.3) is 0 Å². The van der Waals surface area contributed by atoms with Crippen molar-refractivity contribution in [2.24, 2.45) is 5.92 Å². The maximum absolute atomic E-state index is 12.1. The van der Waals surface area contributed by atoms with Gasteiger partial charge in [0, 0.05) is 6.54 Å². The molecule has 1 rings (SSSR count). The van der Waals surface area contributed by atoms with E-state index in [1.54, 1.807) is 0 Å². The van der Waals surface area contributed by atoms with Crippen LogP contribution in [-0.4, -0.2) is 50.2 Å². The van der Waals surface area contributed by atoms with Gasteiger partial charge in [0.25, 0.3) is 0 Å². The molecule has 0 aromatic heterocycles. The standard InChI is InChI=1S/C13H26N2O2/c1-11(2)10-14-13(12(16)17-4)6-5-8-15(3)9-7-13/h11,14H,5-10H2,1-4H3. The zero-order valence-electron chi connectivity index (χ0n) is 11.6. The molecule has 0 aromatic carbocycles. The Bertz CT molecular complexity index is 256. The number of carbonyl (C=O) groups is 1. The molecule has 1 N–H and O–H groups in total. The van der Waals surface area contributed by atoms with Gasteiger partial charge >= 0.3 is 5.97 Å². The average Bonchev–Trinajstić information content (AvgIpc) is 2.49. The van der Waals surface area contributed by atoms with Gasteiger partial charge < -0.3 is 15.0 Å². The van der Waals surface area contributed by atoms with E-state index in [4.69, 9.17) is 4.74 Å². The third kappa shape index (κ3) is 3.96. The molecule has 1 heterocycles. The summed E-state index contributed by atoms with van der Waals surface area (Å²) in [5, 5.41) is 3.44. The predicted molar refractivity (Wildman–Crippen MR) is 68.9 cm³/mol. The Morgan fingerprint density at radius 1 is 1.41 bits per heavy atom. The van der Waals surface area contributed by atoms with Gasteiger partial charge in [-0.05, 0) is 45.3 Å². The molecule has 4 nitrogen and oxygen atoms in total. The Balaban J connectivity index is 2.73. The predicted octanol–water partition coefficient (Wildman–Crippen LogP) is 1.26. The molecule has 0 aliphatic carbocycles. The summed E-state index contributed by atoms with van der Waals surface area (Å²) in [5.41, 5.74) is -0.468. The summed E-state index contributed by atoms with van der Waals surface area (Å²) in [4.78, 5) is 14.3. The maximum Gasteiger partial charge on any atom is 0.326 e. The fourth-order valence-electron chi connectivity index (χ4n) is 2.32. The first-order valence-electron chi connectivity index (χ1n) is 6.52. The van der Waals surface area contributed by atoms with Crippen LogP contribution < -0.4 is 5.32 Å². The van der Waals surface area contributed by atoms with Gasteiger partial charge in [-0.15, -0.1) is 0 Å². The number of ether oxygens (including phenoxy) is 1. The van der Waals surface area contributed by atoms with Crippen molar-refractivity contribution in [3.8, 4) is 0 Å². The highest BCUT2D eigenvalue weighted by molar-refractivity contribution is 5.80. The SMILES string of the molecule is COC(=O)C1(NCC(C)C)CCCN(C)CC1. The highest BCUT2D eigenvalue weighted by atomic mass is 16.5. The second-order valence-electron chi connectivity index (χ2n) is 5.51. The van der Waals surface area contributed by atoms with Crippen LogP contribution in [0.2, 0.25) is 0 Å². The van der Waals surface area contributed by atoms with E-state index in [9.17, 15) is 4.79 Å². The lowest BCUT2D eigenvalue weighted by Gasteiger charge is -2.31.